The van der Waals surface area contributed by atoms with Gasteiger partial charge in [0.1, 0.15) is 0 Å². The Hall–Kier alpha value is -0.850. The van der Waals surface area contributed by atoms with Gasteiger partial charge in [-0.15, -0.1) is 28.2 Å². The van der Waals surface area contributed by atoms with Gasteiger partial charge in [-0.2, -0.15) is 0 Å². The van der Waals surface area contributed by atoms with E-state index in [9.17, 15) is 0 Å². The Bertz CT molecular complexity index is 494. The Morgan fingerprint density at radius 3 is 3.33 bits per heavy atom. The third-order valence-electron chi connectivity index (χ3n) is 3.11. The van der Waals surface area contributed by atoms with Gasteiger partial charge in [0, 0.05) is 24.0 Å². The lowest BCUT2D eigenvalue weighted by molar-refractivity contribution is 0.453. The average molecular weight is 280 g/mol. The van der Waals surface area contributed by atoms with Gasteiger partial charge in [-0.1, -0.05) is 12.1 Å². The molecule has 1 unspecified atom stereocenters. The minimum atomic E-state index is 0.492. The molecule has 2 atom stereocenters. The van der Waals surface area contributed by atoms with Gasteiger partial charge in [0.15, 0.2) is 0 Å². The van der Waals surface area contributed by atoms with Gasteiger partial charge in [0.05, 0.1) is 17.0 Å². The predicted octanol–water partition coefficient (Wildman–Crippen LogP) is 2.55. The minimum absolute atomic E-state index is 0.492. The van der Waals surface area contributed by atoms with Crippen molar-refractivity contribution in [2.45, 2.75) is 35.4 Å². The van der Waals surface area contributed by atoms with Gasteiger partial charge >= 0.3 is 0 Å². The van der Waals surface area contributed by atoms with Crippen LogP contribution >= 0.6 is 23.1 Å². The van der Waals surface area contributed by atoms with Crippen molar-refractivity contribution in [2.75, 3.05) is 6.54 Å². The molecule has 2 aromatic heterocycles. The molecule has 0 saturated heterocycles. The molecule has 0 amide bonds. The third kappa shape index (κ3) is 2.60. The van der Waals surface area contributed by atoms with Gasteiger partial charge in [-0.25, -0.2) is 0 Å². The maximum atomic E-state index is 3.97. The number of aromatic nitrogens is 3. The molecule has 3 rings (SSSR count). The highest BCUT2D eigenvalue weighted by Gasteiger charge is 2.25. The fourth-order valence-electron chi connectivity index (χ4n) is 2.25. The van der Waals surface area contributed by atoms with Crippen LogP contribution in [0, 0.1) is 0 Å². The van der Waals surface area contributed by atoms with E-state index in [1.807, 2.05) is 34.0 Å². The van der Waals surface area contributed by atoms with E-state index in [0.29, 0.717) is 11.3 Å². The summed E-state index contributed by atoms with van der Waals surface area (Å²) in [5.74, 6) is 0. The van der Waals surface area contributed by atoms with Crippen molar-refractivity contribution in [1.82, 2.24) is 20.3 Å². The number of nitrogens with one attached hydrogen (secondary N) is 1. The zero-order valence-electron chi connectivity index (χ0n) is 10.2. The zero-order chi connectivity index (χ0) is 12.4. The molecule has 1 N–H and O–H groups in total. The molecule has 1 aliphatic heterocycles. The van der Waals surface area contributed by atoms with Gasteiger partial charge in [-0.3, -0.25) is 4.68 Å². The maximum absolute atomic E-state index is 3.97. The Morgan fingerprint density at radius 2 is 2.50 bits per heavy atom. The number of nitrogens with zero attached hydrogens (tertiary/aromatic N) is 3. The van der Waals surface area contributed by atoms with Crippen LogP contribution < -0.4 is 5.32 Å². The molecule has 1 aliphatic rings. The largest absolute Gasteiger partial charge is 0.308 e. The topological polar surface area (TPSA) is 42.7 Å². The Morgan fingerprint density at radius 1 is 1.56 bits per heavy atom. The Balaban J connectivity index is 1.60. The van der Waals surface area contributed by atoms with E-state index in [1.165, 1.54) is 16.2 Å². The normalized spacial score (nSPS) is 22.9. The first-order valence-corrected chi connectivity index (χ1v) is 7.90. The Kier molecular flexibility index (Phi) is 3.67. The molecule has 2 aromatic rings. The molecule has 4 nitrogen and oxygen atoms in total. The van der Waals surface area contributed by atoms with Gasteiger partial charge in [0.25, 0.3) is 0 Å². The molecule has 0 aromatic carbocycles. The highest BCUT2D eigenvalue weighted by atomic mass is 32.2. The zero-order valence-corrected chi connectivity index (χ0v) is 11.9. The van der Waals surface area contributed by atoms with E-state index in [1.54, 1.807) is 6.20 Å². The van der Waals surface area contributed by atoms with E-state index in [4.69, 9.17) is 0 Å². The summed E-state index contributed by atoms with van der Waals surface area (Å²) < 4.78 is 3.34. The van der Waals surface area contributed by atoms with E-state index in [0.717, 1.165) is 13.1 Å². The van der Waals surface area contributed by atoms with Crippen LogP contribution in [0.3, 0.4) is 0 Å². The molecule has 0 fully saturated rings. The molecule has 3 heterocycles. The second kappa shape index (κ2) is 5.42. The predicted molar refractivity (Wildman–Crippen MR) is 75.0 cm³/mol. The number of thioether (sulfide) groups is 1. The second-order valence-electron chi connectivity index (χ2n) is 4.50. The first kappa shape index (κ1) is 12.2. The van der Waals surface area contributed by atoms with Crippen LogP contribution in [0.5, 0.6) is 0 Å². The molecule has 0 spiro atoms. The lowest BCUT2D eigenvalue weighted by atomic mass is 10.1. The Labute approximate surface area is 115 Å². The van der Waals surface area contributed by atoms with E-state index < -0.39 is 0 Å². The summed E-state index contributed by atoms with van der Waals surface area (Å²) in [6.07, 6.45) is 4.82. The summed E-state index contributed by atoms with van der Waals surface area (Å²) in [6, 6.07) is 2.75. The minimum Gasteiger partial charge on any atom is -0.308 e. The number of hydrogen-bond donors (Lipinski definition) is 1. The van der Waals surface area contributed by atoms with Crippen LogP contribution in [0.2, 0.25) is 0 Å². The van der Waals surface area contributed by atoms with E-state index in [2.05, 4.69) is 34.0 Å². The standard InChI is InChI=1S/C12H16N4S2/c1-9-8-11(10-2-7-17-12(10)18-9)13-3-5-16-6-4-14-15-16/h2,4,6-7,9,11,13H,3,5,8H2,1H3/t9-,11?/m0/s1. The van der Waals surface area contributed by atoms with Crippen molar-refractivity contribution in [2.24, 2.45) is 0 Å². The van der Waals surface area contributed by atoms with E-state index >= 15 is 0 Å². The monoisotopic (exact) mass is 280 g/mol. The number of fused-ring (bicyclic) bond motifs is 1. The number of thiophene rings is 1. The summed E-state index contributed by atoms with van der Waals surface area (Å²) in [5, 5.41) is 14.3. The van der Waals surface area contributed by atoms with Crippen molar-refractivity contribution in [3.8, 4) is 0 Å². The molecular formula is C12H16N4S2. The molecule has 0 radical (unpaired) electrons. The molecule has 96 valence electrons. The van der Waals surface area contributed by atoms with Crippen LogP contribution in [0.15, 0.2) is 28.0 Å². The summed E-state index contributed by atoms with van der Waals surface area (Å²) in [5.41, 5.74) is 1.47. The average Bonchev–Trinajstić information content (AvgIpc) is 2.98. The summed E-state index contributed by atoms with van der Waals surface area (Å²) in [4.78, 5) is 0. The molecule has 0 aliphatic carbocycles. The van der Waals surface area contributed by atoms with Crippen molar-refractivity contribution in [3.05, 3.63) is 29.4 Å². The van der Waals surface area contributed by atoms with Crippen molar-refractivity contribution < 1.29 is 0 Å². The fourth-order valence-corrected chi connectivity index (χ4v) is 4.81. The van der Waals surface area contributed by atoms with Crippen LogP contribution in [-0.4, -0.2) is 26.8 Å². The molecule has 0 bridgehead atoms. The lowest BCUT2D eigenvalue weighted by Crippen LogP contribution is -2.29. The van der Waals surface area contributed by atoms with E-state index in [-0.39, 0.29) is 0 Å². The van der Waals surface area contributed by atoms with Crippen LogP contribution in [0.1, 0.15) is 24.9 Å². The smallest absolute Gasteiger partial charge is 0.0692 e. The third-order valence-corrected chi connectivity index (χ3v) is 5.46. The van der Waals surface area contributed by atoms with Crippen LogP contribution in [0.25, 0.3) is 0 Å². The highest BCUT2D eigenvalue weighted by molar-refractivity contribution is 8.01. The summed E-state index contributed by atoms with van der Waals surface area (Å²) >= 11 is 3.86. The quantitative estimate of drug-likeness (QED) is 0.934. The first-order chi connectivity index (χ1) is 8.83. The SMILES string of the molecule is C[C@H]1CC(NCCn2ccnn2)c2ccsc2S1. The molecular weight excluding hydrogens is 264 g/mol. The highest BCUT2D eigenvalue weighted by Crippen LogP contribution is 2.43. The van der Waals surface area contributed by atoms with Crippen LogP contribution in [0.4, 0.5) is 0 Å². The number of hydrogen-bond acceptors (Lipinski definition) is 5. The summed E-state index contributed by atoms with van der Waals surface area (Å²) in [7, 11) is 0. The van der Waals surface area contributed by atoms with Crippen molar-refractivity contribution >= 4 is 23.1 Å². The van der Waals surface area contributed by atoms with Gasteiger partial charge in [-0.05, 0) is 23.4 Å². The maximum Gasteiger partial charge on any atom is 0.0692 e. The molecule has 0 saturated carbocycles. The lowest BCUT2D eigenvalue weighted by Gasteiger charge is -2.27. The molecule has 6 heteroatoms. The second-order valence-corrected chi connectivity index (χ2v) is 7.12. The van der Waals surface area contributed by atoms with Crippen molar-refractivity contribution in [1.29, 1.82) is 0 Å². The van der Waals surface area contributed by atoms with Gasteiger partial charge < -0.3 is 5.32 Å². The molecule has 18 heavy (non-hydrogen) atoms. The van der Waals surface area contributed by atoms with Crippen molar-refractivity contribution in [3.63, 3.8) is 0 Å². The summed E-state index contributed by atoms with van der Waals surface area (Å²) in [6.45, 7) is 4.11. The fraction of sp³-hybridized carbons (Fsp3) is 0.500. The van der Waals surface area contributed by atoms with Gasteiger partial charge in [0.2, 0.25) is 0 Å². The first-order valence-electron chi connectivity index (χ1n) is 6.14. The van der Waals surface area contributed by atoms with Crippen LogP contribution in [-0.2, 0) is 6.54 Å². The number of rotatable bonds is 4.